The standard InChI is InChI=1S/C10H12FNO2S/c1-12-6-2-3-8-4-5-9(7-10(8)12)15(11,13)14/h4-5,7H,2-3,6H2,1H3. The molecular weight excluding hydrogens is 217 g/mol. The molecule has 0 unspecified atom stereocenters. The summed E-state index contributed by atoms with van der Waals surface area (Å²) in [5.74, 6) is 0. The van der Waals surface area contributed by atoms with Crippen LogP contribution in [0.15, 0.2) is 23.1 Å². The smallest absolute Gasteiger partial charge is 0.332 e. The maximum atomic E-state index is 12.8. The molecule has 0 saturated heterocycles. The van der Waals surface area contributed by atoms with Crippen LogP contribution in [-0.2, 0) is 16.6 Å². The Labute approximate surface area is 88.7 Å². The van der Waals surface area contributed by atoms with Gasteiger partial charge in [0.15, 0.2) is 0 Å². The van der Waals surface area contributed by atoms with Crippen molar-refractivity contribution in [1.29, 1.82) is 0 Å². The molecule has 0 fully saturated rings. The number of hydrogen-bond donors (Lipinski definition) is 0. The van der Waals surface area contributed by atoms with Gasteiger partial charge in [0, 0.05) is 19.3 Å². The van der Waals surface area contributed by atoms with E-state index in [-0.39, 0.29) is 4.90 Å². The summed E-state index contributed by atoms with van der Waals surface area (Å²) in [4.78, 5) is 1.70. The predicted molar refractivity (Wildman–Crippen MR) is 56.3 cm³/mol. The lowest BCUT2D eigenvalue weighted by Gasteiger charge is -2.27. The number of hydrogen-bond acceptors (Lipinski definition) is 3. The van der Waals surface area contributed by atoms with E-state index in [0.29, 0.717) is 0 Å². The van der Waals surface area contributed by atoms with E-state index >= 15 is 0 Å². The third-order valence-corrected chi connectivity index (χ3v) is 3.51. The summed E-state index contributed by atoms with van der Waals surface area (Å²) < 4.78 is 34.3. The molecule has 0 saturated carbocycles. The summed E-state index contributed by atoms with van der Waals surface area (Å²) in [5.41, 5.74) is 1.90. The van der Waals surface area contributed by atoms with Gasteiger partial charge < -0.3 is 4.90 Å². The normalized spacial score (nSPS) is 16.3. The van der Waals surface area contributed by atoms with E-state index in [1.165, 1.54) is 12.1 Å². The third kappa shape index (κ3) is 1.97. The molecule has 0 amide bonds. The highest BCUT2D eigenvalue weighted by Crippen LogP contribution is 2.29. The van der Waals surface area contributed by atoms with E-state index < -0.39 is 10.2 Å². The van der Waals surface area contributed by atoms with Crippen molar-refractivity contribution in [1.82, 2.24) is 0 Å². The topological polar surface area (TPSA) is 37.4 Å². The number of nitrogens with zero attached hydrogens (tertiary/aromatic N) is 1. The number of benzene rings is 1. The lowest BCUT2D eigenvalue weighted by atomic mass is 10.0. The van der Waals surface area contributed by atoms with Gasteiger partial charge in [-0.2, -0.15) is 8.42 Å². The van der Waals surface area contributed by atoms with Gasteiger partial charge in [-0.05, 0) is 30.5 Å². The Hall–Kier alpha value is -1.10. The summed E-state index contributed by atoms with van der Waals surface area (Å²) in [6, 6.07) is 4.43. The van der Waals surface area contributed by atoms with E-state index in [2.05, 4.69) is 0 Å². The lowest BCUT2D eigenvalue weighted by Crippen LogP contribution is -2.24. The molecule has 5 heteroatoms. The molecule has 82 valence electrons. The Balaban J connectivity index is 2.53. The van der Waals surface area contributed by atoms with E-state index in [0.717, 1.165) is 30.6 Å². The second-order valence-electron chi connectivity index (χ2n) is 3.75. The van der Waals surface area contributed by atoms with Gasteiger partial charge in [-0.3, -0.25) is 0 Å². The molecule has 1 aliphatic heterocycles. The van der Waals surface area contributed by atoms with Crippen LogP contribution in [-0.4, -0.2) is 22.0 Å². The number of rotatable bonds is 1. The van der Waals surface area contributed by atoms with Crippen molar-refractivity contribution < 1.29 is 12.3 Å². The highest BCUT2D eigenvalue weighted by Gasteiger charge is 2.18. The fraction of sp³-hybridized carbons (Fsp3) is 0.400. The Morgan fingerprint density at radius 2 is 2.13 bits per heavy atom. The predicted octanol–water partition coefficient (Wildman–Crippen LogP) is 1.73. The first-order valence-electron chi connectivity index (χ1n) is 4.77. The Morgan fingerprint density at radius 1 is 1.40 bits per heavy atom. The van der Waals surface area contributed by atoms with Crippen molar-refractivity contribution in [3.05, 3.63) is 23.8 Å². The summed E-state index contributed by atoms with van der Waals surface area (Å²) in [6.07, 6.45) is 1.97. The van der Waals surface area contributed by atoms with Gasteiger partial charge >= 0.3 is 10.2 Å². The van der Waals surface area contributed by atoms with Gasteiger partial charge in [0.25, 0.3) is 0 Å². The minimum atomic E-state index is -4.59. The molecule has 2 rings (SSSR count). The van der Waals surface area contributed by atoms with Crippen LogP contribution < -0.4 is 4.90 Å². The molecule has 1 aliphatic rings. The zero-order valence-electron chi connectivity index (χ0n) is 8.40. The summed E-state index contributed by atoms with van der Waals surface area (Å²) >= 11 is 0. The Kier molecular flexibility index (Phi) is 2.42. The summed E-state index contributed by atoms with van der Waals surface area (Å²) in [6.45, 7) is 0.878. The SMILES string of the molecule is CN1CCCc2ccc(S(=O)(=O)F)cc21. The van der Waals surface area contributed by atoms with Crippen molar-refractivity contribution in [2.24, 2.45) is 0 Å². The first kappa shape index (κ1) is 10.4. The van der Waals surface area contributed by atoms with Crippen LogP contribution in [0, 0.1) is 0 Å². The fourth-order valence-electron chi connectivity index (χ4n) is 1.89. The van der Waals surface area contributed by atoms with Crippen molar-refractivity contribution in [2.75, 3.05) is 18.5 Å². The number of halogens is 1. The minimum absolute atomic E-state index is 0.255. The second kappa shape index (κ2) is 3.48. The van der Waals surface area contributed by atoms with E-state index in [1.54, 1.807) is 6.07 Å². The molecule has 1 aromatic rings. The molecule has 0 spiro atoms. The molecule has 0 atom stereocenters. The van der Waals surface area contributed by atoms with Crippen molar-refractivity contribution in [2.45, 2.75) is 17.7 Å². The summed E-state index contributed by atoms with van der Waals surface area (Å²) in [7, 11) is -2.70. The minimum Gasteiger partial charge on any atom is -0.374 e. The molecular formula is C10H12FNO2S. The van der Waals surface area contributed by atoms with Crippen LogP contribution in [0.5, 0.6) is 0 Å². The van der Waals surface area contributed by atoms with Gasteiger partial charge in [-0.25, -0.2) is 0 Å². The van der Waals surface area contributed by atoms with Crippen molar-refractivity contribution in [3.8, 4) is 0 Å². The summed E-state index contributed by atoms with van der Waals surface area (Å²) in [5, 5.41) is 0. The van der Waals surface area contributed by atoms with E-state index in [9.17, 15) is 12.3 Å². The van der Waals surface area contributed by atoms with Gasteiger partial charge in [0.05, 0.1) is 0 Å². The van der Waals surface area contributed by atoms with E-state index in [1.807, 2.05) is 11.9 Å². The monoisotopic (exact) mass is 229 g/mol. The van der Waals surface area contributed by atoms with Crippen molar-refractivity contribution >= 4 is 15.9 Å². The molecule has 0 radical (unpaired) electrons. The molecule has 1 aromatic carbocycles. The largest absolute Gasteiger partial charge is 0.374 e. The van der Waals surface area contributed by atoms with E-state index in [4.69, 9.17) is 0 Å². The first-order chi connectivity index (χ1) is 6.98. The average Bonchev–Trinajstić information content (AvgIpc) is 2.16. The maximum Gasteiger partial charge on any atom is 0.332 e. The zero-order chi connectivity index (χ0) is 11.1. The molecule has 3 nitrogen and oxygen atoms in total. The van der Waals surface area contributed by atoms with Gasteiger partial charge in [0.1, 0.15) is 4.90 Å². The first-order valence-corrected chi connectivity index (χ1v) is 6.15. The van der Waals surface area contributed by atoms with Crippen LogP contribution in [0.3, 0.4) is 0 Å². The van der Waals surface area contributed by atoms with Gasteiger partial charge in [-0.1, -0.05) is 6.07 Å². The fourth-order valence-corrected chi connectivity index (χ4v) is 2.37. The quantitative estimate of drug-likeness (QED) is 0.688. The van der Waals surface area contributed by atoms with Crippen molar-refractivity contribution in [3.63, 3.8) is 0 Å². The highest BCUT2D eigenvalue weighted by molar-refractivity contribution is 7.86. The molecule has 0 aliphatic carbocycles. The number of anilines is 1. The van der Waals surface area contributed by atoms with Crippen LogP contribution in [0.4, 0.5) is 9.57 Å². The number of fused-ring (bicyclic) bond motifs is 1. The van der Waals surface area contributed by atoms with Gasteiger partial charge in [-0.15, -0.1) is 3.89 Å². The highest BCUT2D eigenvalue weighted by atomic mass is 32.3. The third-order valence-electron chi connectivity index (χ3n) is 2.69. The average molecular weight is 229 g/mol. The lowest BCUT2D eigenvalue weighted by molar-refractivity contribution is 0.552. The maximum absolute atomic E-state index is 12.8. The Morgan fingerprint density at radius 3 is 2.80 bits per heavy atom. The Bertz CT molecular complexity index is 484. The second-order valence-corrected chi connectivity index (χ2v) is 5.10. The zero-order valence-corrected chi connectivity index (χ0v) is 9.22. The van der Waals surface area contributed by atoms with Crippen LogP contribution in [0.2, 0.25) is 0 Å². The van der Waals surface area contributed by atoms with Crippen LogP contribution >= 0.6 is 0 Å². The molecule has 0 N–H and O–H groups in total. The molecule has 0 bridgehead atoms. The number of aryl methyl sites for hydroxylation is 1. The van der Waals surface area contributed by atoms with Crippen LogP contribution in [0.25, 0.3) is 0 Å². The van der Waals surface area contributed by atoms with Crippen LogP contribution in [0.1, 0.15) is 12.0 Å². The molecule has 0 aromatic heterocycles. The molecule has 1 heterocycles. The molecule has 15 heavy (non-hydrogen) atoms. The van der Waals surface area contributed by atoms with Gasteiger partial charge in [0.2, 0.25) is 0 Å².